The molecule has 0 radical (unpaired) electrons. The number of hydrogen-bond acceptors (Lipinski definition) is 3. The highest BCUT2D eigenvalue weighted by atomic mass is 35.5. The van der Waals surface area contributed by atoms with E-state index in [2.05, 4.69) is 23.7 Å². The van der Waals surface area contributed by atoms with Crippen molar-refractivity contribution in [1.82, 2.24) is 9.88 Å². The average molecular weight is 491 g/mol. The molecule has 1 heterocycles. The number of halogens is 3. The van der Waals surface area contributed by atoms with Gasteiger partial charge in [0, 0.05) is 43.9 Å². The van der Waals surface area contributed by atoms with E-state index >= 15 is 0 Å². The van der Waals surface area contributed by atoms with Crippen molar-refractivity contribution in [2.45, 2.75) is 32.6 Å². The fourth-order valence-corrected chi connectivity index (χ4v) is 5.22. The molecule has 1 N–H and O–H groups in total. The number of pyridine rings is 1. The second kappa shape index (κ2) is 9.96. The van der Waals surface area contributed by atoms with Crippen LogP contribution >= 0.6 is 34.8 Å². The first-order valence-corrected chi connectivity index (χ1v) is 12.1. The van der Waals surface area contributed by atoms with E-state index in [1.165, 1.54) is 0 Å². The molecule has 4 nitrogen and oxygen atoms in total. The lowest BCUT2D eigenvalue weighted by molar-refractivity contribution is 0.313. The Morgan fingerprint density at radius 3 is 2.47 bits per heavy atom. The SMILES string of the molecule is CCN(CC)CCN=C1CC(c2ccc(Cl)cc2Cl)Cc2[nH]c3ccc(Cl)cc3c(=O)c21. The lowest BCUT2D eigenvalue weighted by atomic mass is 9.80. The molecule has 0 saturated carbocycles. The maximum absolute atomic E-state index is 13.5. The minimum atomic E-state index is -0.0153. The standard InChI is InChI=1S/C25H26Cl3N3O/c1-3-31(4-2)10-9-29-22-11-15(18-7-5-17(27)14-20(18)28)12-23-24(22)25(32)19-13-16(26)6-8-21(19)30-23/h5-8,13-15H,3-4,9-12H2,1-2H3,(H,30,32). The summed E-state index contributed by atoms with van der Waals surface area (Å²) in [5, 5.41) is 2.39. The number of nitrogens with one attached hydrogen (secondary N) is 1. The molecule has 4 rings (SSSR count). The first-order valence-electron chi connectivity index (χ1n) is 11.0. The van der Waals surface area contributed by atoms with Gasteiger partial charge in [-0.1, -0.05) is 54.7 Å². The summed E-state index contributed by atoms with van der Waals surface area (Å²) < 4.78 is 0. The number of rotatable bonds is 6. The molecule has 7 heteroatoms. The summed E-state index contributed by atoms with van der Waals surface area (Å²) >= 11 is 18.8. The Labute approximate surface area is 203 Å². The van der Waals surface area contributed by atoms with Crippen LogP contribution in [0.3, 0.4) is 0 Å². The minimum absolute atomic E-state index is 0.0153. The number of fused-ring (bicyclic) bond motifs is 2. The predicted molar refractivity (Wildman–Crippen MR) is 136 cm³/mol. The molecule has 0 saturated heterocycles. The Morgan fingerprint density at radius 1 is 1.03 bits per heavy atom. The molecule has 0 bridgehead atoms. The zero-order valence-corrected chi connectivity index (χ0v) is 20.5. The van der Waals surface area contributed by atoms with Gasteiger partial charge in [-0.05, 0) is 67.7 Å². The van der Waals surface area contributed by atoms with Crippen LogP contribution in [0.4, 0.5) is 0 Å². The molecule has 1 aromatic heterocycles. The molecule has 1 aliphatic carbocycles. The van der Waals surface area contributed by atoms with Gasteiger partial charge in [-0.3, -0.25) is 9.79 Å². The zero-order valence-electron chi connectivity index (χ0n) is 18.2. The third kappa shape index (κ3) is 4.74. The highest BCUT2D eigenvalue weighted by Gasteiger charge is 2.29. The van der Waals surface area contributed by atoms with Crippen LogP contribution in [0.1, 0.15) is 43.0 Å². The van der Waals surface area contributed by atoms with E-state index in [4.69, 9.17) is 39.8 Å². The van der Waals surface area contributed by atoms with Crippen molar-refractivity contribution in [3.8, 4) is 0 Å². The molecule has 3 aromatic rings. The zero-order chi connectivity index (χ0) is 22.8. The van der Waals surface area contributed by atoms with Crippen molar-refractivity contribution in [2.24, 2.45) is 4.99 Å². The molecule has 1 atom stereocenters. The number of hydrogen-bond donors (Lipinski definition) is 1. The highest BCUT2D eigenvalue weighted by Crippen LogP contribution is 2.36. The lowest BCUT2D eigenvalue weighted by Crippen LogP contribution is -2.30. The van der Waals surface area contributed by atoms with Crippen LogP contribution in [0.2, 0.25) is 15.1 Å². The van der Waals surface area contributed by atoms with Crippen LogP contribution < -0.4 is 5.43 Å². The number of benzene rings is 2. The monoisotopic (exact) mass is 489 g/mol. The van der Waals surface area contributed by atoms with Gasteiger partial charge in [0.2, 0.25) is 0 Å². The normalized spacial score (nSPS) is 17.3. The number of aromatic amines is 1. The van der Waals surface area contributed by atoms with Crippen molar-refractivity contribution in [3.05, 3.63) is 78.5 Å². The summed E-state index contributed by atoms with van der Waals surface area (Å²) in [7, 11) is 0. The summed E-state index contributed by atoms with van der Waals surface area (Å²) in [4.78, 5) is 24.2. The number of H-pyrrole nitrogens is 1. The summed E-state index contributed by atoms with van der Waals surface area (Å²) in [6.45, 7) is 7.74. The number of likely N-dealkylation sites (N-methyl/N-ethyl adjacent to an activating group) is 1. The van der Waals surface area contributed by atoms with Gasteiger partial charge in [0.05, 0.1) is 12.1 Å². The van der Waals surface area contributed by atoms with E-state index in [0.717, 1.165) is 42.1 Å². The molecule has 168 valence electrons. The van der Waals surface area contributed by atoms with E-state index < -0.39 is 0 Å². The topological polar surface area (TPSA) is 48.5 Å². The van der Waals surface area contributed by atoms with E-state index in [0.29, 0.717) is 45.4 Å². The van der Waals surface area contributed by atoms with E-state index in [9.17, 15) is 4.79 Å². The van der Waals surface area contributed by atoms with Gasteiger partial charge in [-0.2, -0.15) is 0 Å². The molecule has 0 fully saturated rings. The van der Waals surface area contributed by atoms with Gasteiger partial charge in [-0.15, -0.1) is 0 Å². The molecule has 32 heavy (non-hydrogen) atoms. The fraction of sp³-hybridized carbons (Fsp3) is 0.360. The van der Waals surface area contributed by atoms with E-state index in [-0.39, 0.29) is 11.3 Å². The van der Waals surface area contributed by atoms with Gasteiger partial charge in [0.15, 0.2) is 5.43 Å². The molecule has 0 amide bonds. The molecule has 2 aromatic carbocycles. The third-order valence-corrected chi connectivity index (χ3v) is 7.03. The summed E-state index contributed by atoms with van der Waals surface area (Å²) in [5.41, 5.74) is 4.20. The first-order chi connectivity index (χ1) is 15.4. The predicted octanol–water partition coefficient (Wildman–Crippen LogP) is 6.35. The van der Waals surface area contributed by atoms with Gasteiger partial charge < -0.3 is 9.88 Å². The van der Waals surface area contributed by atoms with Crippen molar-refractivity contribution < 1.29 is 0 Å². The van der Waals surface area contributed by atoms with Crippen molar-refractivity contribution in [1.29, 1.82) is 0 Å². The van der Waals surface area contributed by atoms with Crippen LogP contribution in [-0.2, 0) is 6.42 Å². The maximum atomic E-state index is 13.5. The Morgan fingerprint density at radius 2 is 1.75 bits per heavy atom. The maximum Gasteiger partial charge on any atom is 0.198 e. The van der Waals surface area contributed by atoms with E-state index in [1.54, 1.807) is 18.2 Å². The van der Waals surface area contributed by atoms with Crippen LogP contribution in [0.5, 0.6) is 0 Å². The largest absolute Gasteiger partial charge is 0.358 e. The molecule has 0 spiro atoms. The third-order valence-electron chi connectivity index (χ3n) is 6.24. The summed E-state index contributed by atoms with van der Waals surface area (Å²) in [5.74, 6) is 0.111. The average Bonchev–Trinajstić information content (AvgIpc) is 2.77. The number of aromatic nitrogens is 1. The van der Waals surface area contributed by atoms with E-state index in [1.807, 2.05) is 18.2 Å². The first kappa shape index (κ1) is 23.3. The summed E-state index contributed by atoms with van der Waals surface area (Å²) in [6, 6.07) is 11.0. The van der Waals surface area contributed by atoms with Crippen LogP contribution in [0.15, 0.2) is 46.2 Å². The molecule has 1 unspecified atom stereocenters. The molecule has 0 aliphatic heterocycles. The van der Waals surface area contributed by atoms with Crippen molar-refractivity contribution in [3.63, 3.8) is 0 Å². The Hall–Kier alpha value is -1.85. The van der Waals surface area contributed by atoms with Gasteiger partial charge in [0.25, 0.3) is 0 Å². The number of nitrogens with zero attached hydrogens (tertiary/aromatic N) is 2. The van der Waals surface area contributed by atoms with Crippen molar-refractivity contribution in [2.75, 3.05) is 26.2 Å². The Kier molecular flexibility index (Phi) is 7.26. The Balaban J connectivity index is 1.80. The number of aliphatic imine (C=N–C) groups is 1. The Bertz CT molecular complexity index is 1230. The smallest absolute Gasteiger partial charge is 0.198 e. The highest BCUT2D eigenvalue weighted by molar-refractivity contribution is 6.35. The quantitative estimate of drug-likeness (QED) is 0.438. The molecule has 1 aliphatic rings. The van der Waals surface area contributed by atoms with Crippen LogP contribution in [-0.4, -0.2) is 41.8 Å². The fourth-order valence-electron chi connectivity index (χ4n) is 4.48. The molecular formula is C25H26Cl3N3O. The van der Waals surface area contributed by atoms with Gasteiger partial charge in [-0.25, -0.2) is 0 Å². The minimum Gasteiger partial charge on any atom is -0.358 e. The summed E-state index contributed by atoms with van der Waals surface area (Å²) in [6.07, 6.45) is 1.33. The van der Waals surface area contributed by atoms with Crippen molar-refractivity contribution >= 4 is 51.4 Å². The molecular weight excluding hydrogens is 465 g/mol. The second-order valence-electron chi connectivity index (χ2n) is 8.12. The second-order valence-corrected chi connectivity index (χ2v) is 9.40. The van der Waals surface area contributed by atoms with Crippen LogP contribution in [0, 0.1) is 0 Å². The van der Waals surface area contributed by atoms with Gasteiger partial charge in [0.1, 0.15) is 0 Å². The van der Waals surface area contributed by atoms with Crippen LogP contribution in [0.25, 0.3) is 10.9 Å². The lowest BCUT2D eigenvalue weighted by Gasteiger charge is -2.27. The van der Waals surface area contributed by atoms with Gasteiger partial charge >= 0.3 is 0 Å².